The van der Waals surface area contributed by atoms with E-state index in [4.69, 9.17) is 9.72 Å². The molecule has 0 aliphatic heterocycles. The summed E-state index contributed by atoms with van der Waals surface area (Å²) in [7, 11) is 0. The minimum absolute atomic E-state index is 0.511. The molecule has 5 rings (SSSR count). The van der Waals surface area contributed by atoms with Crippen LogP contribution in [0.5, 0.6) is 5.75 Å². The zero-order chi connectivity index (χ0) is 23.1. The first-order valence-corrected chi connectivity index (χ1v) is 11.4. The van der Waals surface area contributed by atoms with Crippen molar-refractivity contribution in [3.05, 3.63) is 162 Å². The average molecular weight is 443 g/mol. The predicted molar refractivity (Wildman–Crippen MR) is 138 cm³/mol. The average Bonchev–Trinajstić information content (AvgIpc) is 2.93. The van der Waals surface area contributed by atoms with Crippen LogP contribution in [0.2, 0.25) is 0 Å². The highest BCUT2D eigenvalue weighted by Gasteiger charge is 2.36. The van der Waals surface area contributed by atoms with Crippen LogP contribution in [0.25, 0.3) is 0 Å². The van der Waals surface area contributed by atoms with Crippen molar-refractivity contribution in [2.45, 2.75) is 12.1 Å². The van der Waals surface area contributed by atoms with Gasteiger partial charge in [-0.15, -0.1) is 0 Å². The topological polar surface area (TPSA) is 34.1 Å². The molecule has 3 heteroatoms. The molecule has 5 aromatic rings. The van der Waals surface area contributed by atoms with Gasteiger partial charge < -0.3 is 10.1 Å². The van der Waals surface area contributed by atoms with Crippen molar-refractivity contribution in [1.82, 2.24) is 4.98 Å². The van der Waals surface area contributed by atoms with Gasteiger partial charge in [-0.1, -0.05) is 121 Å². The number of hydrogen-bond donors (Lipinski definition) is 1. The fourth-order valence-electron chi connectivity index (χ4n) is 4.25. The Morgan fingerprint density at radius 3 is 1.47 bits per heavy atom. The number of nitrogens with zero attached hydrogens (tertiary/aromatic N) is 1. The van der Waals surface area contributed by atoms with E-state index >= 15 is 0 Å². The Kier molecular flexibility index (Phi) is 6.35. The van der Waals surface area contributed by atoms with Gasteiger partial charge in [0.1, 0.15) is 23.7 Å². The van der Waals surface area contributed by atoms with Crippen LogP contribution in [0.15, 0.2) is 140 Å². The lowest BCUT2D eigenvalue weighted by atomic mass is 9.77. The van der Waals surface area contributed by atoms with Crippen molar-refractivity contribution in [3.63, 3.8) is 0 Å². The second kappa shape index (κ2) is 10.1. The van der Waals surface area contributed by atoms with Crippen molar-refractivity contribution in [1.29, 1.82) is 0 Å². The molecule has 0 bridgehead atoms. The van der Waals surface area contributed by atoms with E-state index in [1.165, 1.54) is 0 Å². The van der Waals surface area contributed by atoms with E-state index in [0.29, 0.717) is 6.61 Å². The molecule has 0 aliphatic rings. The molecular weight excluding hydrogens is 416 g/mol. The van der Waals surface area contributed by atoms with Crippen LogP contribution in [0.1, 0.15) is 22.3 Å². The lowest BCUT2D eigenvalue weighted by molar-refractivity contribution is 0.305. The summed E-state index contributed by atoms with van der Waals surface area (Å²) in [6, 6.07) is 45.6. The molecule has 34 heavy (non-hydrogen) atoms. The third kappa shape index (κ3) is 4.55. The molecule has 0 radical (unpaired) electrons. The Hall–Kier alpha value is -4.37. The van der Waals surface area contributed by atoms with Crippen LogP contribution in [0, 0.1) is 0 Å². The first-order chi connectivity index (χ1) is 16.8. The lowest BCUT2D eigenvalue weighted by Crippen LogP contribution is -2.38. The van der Waals surface area contributed by atoms with Crippen molar-refractivity contribution >= 4 is 5.82 Å². The SMILES string of the molecule is c1ccc(COc2ccc(NC(c3ccccc3)(c3ccccc3)c3ccccc3)nc2)cc1. The largest absolute Gasteiger partial charge is 0.487 e. The summed E-state index contributed by atoms with van der Waals surface area (Å²) in [6.07, 6.45) is 1.77. The Morgan fingerprint density at radius 2 is 1.03 bits per heavy atom. The first-order valence-electron chi connectivity index (χ1n) is 11.4. The zero-order valence-corrected chi connectivity index (χ0v) is 18.8. The van der Waals surface area contributed by atoms with E-state index in [1.54, 1.807) is 6.20 Å². The summed E-state index contributed by atoms with van der Waals surface area (Å²) < 4.78 is 5.94. The third-order valence-corrected chi connectivity index (χ3v) is 5.92. The summed E-state index contributed by atoms with van der Waals surface area (Å²) in [5.74, 6) is 1.50. The third-order valence-electron chi connectivity index (χ3n) is 5.92. The van der Waals surface area contributed by atoms with Gasteiger partial charge in [0, 0.05) is 0 Å². The van der Waals surface area contributed by atoms with Gasteiger partial charge in [-0.05, 0) is 34.4 Å². The standard InChI is InChI=1S/C31H26N2O/c1-5-13-25(14-6-1)24-34-29-21-22-30(32-23-29)33-31(26-15-7-2-8-16-26,27-17-9-3-10-18-27)28-19-11-4-12-20-28/h1-23H,24H2,(H,32,33). The van der Waals surface area contributed by atoms with Crippen LogP contribution in [-0.4, -0.2) is 4.98 Å². The molecule has 0 amide bonds. The van der Waals surface area contributed by atoms with Gasteiger partial charge in [-0.3, -0.25) is 0 Å². The number of ether oxygens (including phenoxy) is 1. The lowest BCUT2D eigenvalue weighted by Gasteiger charge is -2.37. The molecule has 0 atom stereocenters. The number of pyridine rings is 1. The van der Waals surface area contributed by atoms with E-state index in [-0.39, 0.29) is 0 Å². The van der Waals surface area contributed by atoms with E-state index in [2.05, 4.69) is 90.2 Å². The Balaban J connectivity index is 1.51. The van der Waals surface area contributed by atoms with Gasteiger partial charge in [0.05, 0.1) is 6.20 Å². The molecule has 166 valence electrons. The number of benzene rings is 4. The van der Waals surface area contributed by atoms with Gasteiger partial charge in [-0.2, -0.15) is 0 Å². The highest BCUT2D eigenvalue weighted by atomic mass is 16.5. The van der Waals surface area contributed by atoms with Gasteiger partial charge in [-0.25, -0.2) is 4.98 Å². The second-order valence-corrected chi connectivity index (χ2v) is 8.13. The number of aromatic nitrogens is 1. The summed E-state index contributed by atoms with van der Waals surface area (Å²) in [4.78, 5) is 4.72. The minimum Gasteiger partial charge on any atom is -0.487 e. The number of nitrogens with one attached hydrogen (secondary N) is 1. The van der Waals surface area contributed by atoms with Crippen molar-refractivity contribution < 1.29 is 4.74 Å². The summed E-state index contributed by atoms with van der Waals surface area (Å²) in [5.41, 5.74) is 3.93. The molecule has 0 saturated carbocycles. The van der Waals surface area contributed by atoms with E-state index < -0.39 is 5.54 Å². The molecule has 3 nitrogen and oxygen atoms in total. The number of rotatable bonds is 8. The van der Waals surface area contributed by atoms with Crippen LogP contribution < -0.4 is 10.1 Å². The molecule has 4 aromatic carbocycles. The van der Waals surface area contributed by atoms with Crippen molar-refractivity contribution in [3.8, 4) is 5.75 Å². The highest BCUT2D eigenvalue weighted by Crippen LogP contribution is 2.39. The normalized spacial score (nSPS) is 11.1. The molecular formula is C31H26N2O. The maximum Gasteiger partial charge on any atom is 0.138 e. The Bertz CT molecular complexity index is 1190. The summed E-state index contributed by atoms with van der Waals surface area (Å²) >= 11 is 0. The van der Waals surface area contributed by atoms with E-state index in [1.807, 2.05) is 48.5 Å². The van der Waals surface area contributed by atoms with E-state index in [9.17, 15) is 0 Å². The maximum absolute atomic E-state index is 5.94. The van der Waals surface area contributed by atoms with Gasteiger partial charge in [0.25, 0.3) is 0 Å². The molecule has 1 heterocycles. The summed E-state index contributed by atoms with van der Waals surface area (Å²) in [6.45, 7) is 0.511. The van der Waals surface area contributed by atoms with Gasteiger partial charge in [0.2, 0.25) is 0 Å². The van der Waals surface area contributed by atoms with Crippen LogP contribution in [-0.2, 0) is 12.1 Å². The molecule has 0 saturated heterocycles. The fraction of sp³-hybridized carbons (Fsp3) is 0.0645. The monoisotopic (exact) mass is 442 g/mol. The first kappa shape index (κ1) is 21.5. The zero-order valence-electron chi connectivity index (χ0n) is 18.8. The van der Waals surface area contributed by atoms with Crippen LogP contribution in [0.3, 0.4) is 0 Å². The highest BCUT2D eigenvalue weighted by molar-refractivity contribution is 5.58. The van der Waals surface area contributed by atoms with Gasteiger partial charge >= 0.3 is 0 Å². The smallest absolute Gasteiger partial charge is 0.138 e. The van der Waals surface area contributed by atoms with E-state index in [0.717, 1.165) is 33.8 Å². The molecule has 0 spiro atoms. The molecule has 0 fully saturated rings. The molecule has 1 N–H and O–H groups in total. The molecule has 1 aromatic heterocycles. The minimum atomic E-state index is -0.608. The summed E-state index contributed by atoms with van der Waals surface area (Å²) in [5, 5.41) is 3.78. The van der Waals surface area contributed by atoms with Crippen molar-refractivity contribution in [2.24, 2.45) is 0 Å². The van der Waals surface area contributed by atoms with Crippen molar-refractivity contribution in [2.75, 3.05) is 5.32 Å². The Labute approximate surface area is 200 Å². The Morgan fingerprint density at radius 1 is 0.559 bits per heavy atom. The maximum atomic E-state index is 5.94. The second-order valence-electron chi connectivity index (χ2n) is 8.13. The van der Waals surface area contributed by atoms with Gasteiger partial charge in [0.15, 0.2) is 0 Å². The predicted octanol–water partition coefficient (Wildman–Crippen LogP) is 7.06. The quantitative estimate of drug-likeness (QED) is 0.261. The van der Waals surface area contributed by atoms with Crippen LogP contribution in [0.4, 0.5) is 5.82 Å². The molecule has 0 aliphatic carbocycles. The number of anilines is 1. The fourth-order valence-corrected chi connectivity index (χ4v) is 4.25. The van der Waals surface area contributed by atoms with Crippen LogP contribution >= 0.6 is 0 Å². The molecule has 0 unspecified atom stereocenters. The number of hydrogen-bond acceptors (Lipinski definition) is 3.